The first-order valence-electron chi connectivity index (χ1n) is 11.9. The number of hydrogen-bond donors (Lipinski definition) is 1. The normalized spacial score (nSPS) is 15.2. The van der Waals surface area contributed by atoms with Crippen molar-refractivity contribution in [2.24, 2.45) is 0 Å². The average Bonchev–Trinajstić information content (AvgIpc) is 3.13. The zero-order valence-electron chi connectivity index (χ0n) is 20.3. The van der Waals surface area contributed by atoms with Crippen LogP contribution in [0.1, 0.15) is 25.3 Å². The second kappa shape index (κ2) is 11.7. The molecule has 3 aromatic carbocycles. The van der Waals surface area contributed by atoms with Gasteiger partial charge in [-0.1, -0.05) is 37.3 Å². The Kier molecular flexibility index (Phi) is 8.17. The van der Waals surface area contributed by atoms with E-state index in [1.807, 2.05) is 78.6 Å². The van der Waals surface area contributed by atoms with E-state index in [1.54, 1.807) is 19.2 Å². The van der Waals surface area contributed by atoms with Crippen molar-refractivity contribution in [2.45, 2.75) is 32.4 Å². The lowest BCUT2D eigenvalue weighted by molar-refractivity contribution is -0.124. The van der Waals surface area contributed by atoms with Gasteiger partial charge in [0.15, 0.2) is 5.11 Å². The van der Waals surface area contributed by atoms with Crippen LogP contribution in [0, 0.1) is 0 Å². The predicted molar refractivity (Wildman–Crippen MR) is 144 cm³/mol. The molecule has 1 aliphatic heterocycles. The van der Waals surface area contributed by atoms with E-state index in [4.69, 9.17) is 21.7 Å². The van der Waals surface area contributed by atoms with Crippen molar-refractivity contribution in [3.63, 3.8) is 0 Å². The molecule has 1 N–H and O–H groups in total. The predicted octanol–water partition coefficient (Wildman–Crippen LogP) is 5.02. The van der Waals surface area contributed by atoms with Gasteiger partial charge in [0.05, 0.1) is 25.8 Å². The van der Waals surface area contributed by atoms with E-state index >= 15 is 0 Å². The van der Waals surface area contributed by atoms with Gasteiger partial charge in [-0.25, -0.2) is 0 Å². The monoisotopic (exact) mass is 503 g/mol. The first-order chi connectivity index (χ1) is 17.5. The van der Waals surface area contributed by atoms with E-state index in [9.17, 15) is 9.59 Å². The third-order valence-corrected chi connectivity index (χ3v) is 6.25. The SMILES string of the molecule is CCCOc1ccc(NC(=O)C[C@H]2C(=O)N(c3ccccc3)C(=S)N2Cc2ccc(OC)cc2)cc1. The summed E-state index contributed by atoms with van der Waals surface area (Å²) < 4.78 is 10.8. The van der Waals surface area contributed by atoms with Crippen LogP contribution in [0.15, 0.2) is 78.9 Å². The Labute approximate surface area is 216 Å². The summed E-state index contributed by atoms with van der Waals surface area (Å²) in [7, 11) is 1.61. The fourth-order valence-electron chi connectivity index (χ4n) is 4.00. The highest BCUT2D eigenvalue weighted by molar-refractivity contribution is 7.80. The number of carbonyl (C=O) groups excluding carboxylic acids is 2. The topological polar surface area (TPSA) is 71.1 Å². The molecule has 7 nitrogen and oxygen atoms in total. The Bertz CT molecular complexity index is 1200. The Morgan fingerprint density at radius 1 is 0.972 bits per heavy atom. The van der Waals surface area contributed by atoms with Crippen LogP contribution in [0.5, 0.6) is 11.5 Å². The number of rotatable bonds is 10. The van der Waals surface area contributed by atoms with Crippen molar-refractivity contribution in [3.8, 4) is 11.5 Å². The molecule has 4 rings (SSSR count). The van der Waals surface area contributed by atoms with Crippen molar-refractivity contribution in [1.82, 2.24) is 4.90 Å². The van der Waals surface area contributed by atoms with E-state index in [2.05, 4.69) is 5.32 Å². The van der Waals surface area contributed by atoms with Crippen LogP contribution in [-0.2, 0) is 16.1 Å². The fourth-order valence-corrected chi connectivity index (χ4v) is 4.39. The minimum atomic E-state index is -0.730. The summed E-state index contributed by atoms with van der Waals surface area (Å²) in [5.74, 6) is 0.994. The molecule has 1 saturated heterocycles. The molecule has 1 atom stereocenters. The zero-order valence-corrected chi connectivity index (χ0v) is 21.2. The molecule has 186 valence electrons. The second-order valence-electron chi connectivity index (χ2n) is 8.41. The highest BCUT2D eigenvalue weighted by Crippen LogP contribution is 2.29. The van der Waals surface area contributed by atoms with Gasteiger partial charge in [-0.2, -0.15) is 0 Å². The van der Waals surface area contributed by atoms with Gasteiger partial charge in [0.2, 0.25) is 5.91 Å². The molecule has 0 aliphatic carbocycles. The molecule has 0 spiro atoms. The number of hydrogen-bond acceptors (Lipinski definition) is 5. The molecule has 0 aromatic heterocycles. The standard InChI is InChI=1S/C28H29N3O4S/c1-3-17-35-24-15-11-21(12-16-24)29-26(32)18-25-27(33)31(22-7-5-4-6-8-22)28(36)30(25)19-20-9-13-23(34-2)14-10-20/h4-16,25H,3,17-19H2,1-2H3,(H,29,32)/t25-/m0/s1. The number of amides is 2. The molecule has 2 amide bonds. The van der Waals surface area contributed by atoms with Gasteiger partial charge in [0, 0.05) is 12.2 Å². The highest BCUT2D eigenvalue weighted by atomic mass is 32.1. The Hall–Kier alpha value is -3.91. The minimum Gasteiger partial charge on any atom is -0.497 e. The maximum Gasteiger partial charge on any atom is 0.256 e. The Balaban J connectivity index is 1.52. The van der Waals surface area contributed by atoms with E-state index < -0.39 is 6.04 Å². The first-order valence-corrected chi connectivity index (χ1v) is 12.3. The van der Waals surface area contributed by atoms with Crippen molar-refractivity contribution in [3.05, 3.63) is 84.4 Å². The van der Waals surface area contributed by atoms with Gasteiger partial charge in [0.1, 0.15) is 17.5 Å². The number of carbonyl (C=O) groups is 2. The second-order valence-corrected chi connectivity index (χ2v) is 8.77. The number of para-hydroxylation sites is 1. The first kappa shape index (κ1) is 25.2. The summed E-state index contributed by atoms with van der Waals surface area (Å²) >= 11 is 5.74. The molecule has 8 heteroatoms. The molecule has 0 unspecified atom stereocenters. The molecule has 1 fully saturated rings. The summed E-state index contributed by atoms with van der Waals surface area (Å²) in [6.07, 6.45) is 0.884. The molecule has 1 heterocycles. The van der Waals surface area contributed by atoms with E-state index in [0.717, 1.165) is 23.5 Å². The van der Waals surface area contributed by atoms with Gasteiger partial charge in [-0.05, 0) is 72.7 Å². The van der Waals surface area contributed by atoms with Crippen LogP contribution in [0.4, 0.5) is 11.4 Å². The average molecular weight is 504 g/mol. The number of nitrogens with zero attached hydrogens (tertiary/aromatic N) is 2. The van der Waals surface area contributed by atoms with Crippen molar-refractivity contribution >= 4 is 40.5 Å². The third kappa shape index (κ3) is 5.83. The molecular formula is C28H29N3O4S. The zero-order chi connectivity index (χ0) is 25.5. The fraction of sp³-hybridized carbons (Fsp3) is 0.250. The van der Waals surface area contributed by atoms with Crippen LogP contribution in [0.25, 0.3) is 0 Å². The molecule has 1 aliphatic rings. The van der Waals surface area contributed by atoms with E-state index in [0.29, 0.717) is 29.6 Å². The summed E-state index contributed by atoms with van der Waals surface area (Å²) in [5.41, 5.74) is 2.27. The van der Waals surface area contributed by atoms with Gasteiger partial charge >= 0.3 is 0 Å². The molecular weight excluding hydrogens is 474 g/mol. The smallest absolute Gasteiger partial charge is 0.256 e. The highest BCUT2D eigenvalue weighted by Gasteiger charge is 2.44. The van der Waals surface area contributed by atoms with Crippen LogP contribution in [0.3, 0.4) is 0 Å². The molecule has 0 radical (unpaired) electrons. The van der Waals surface area contributed by atoms with Gasteiger partial charge in [0.25, 0.3) is 5.91 Å². The Morgan fingerprint density at radius 2 is 1.64 bits per heavy atom. The van der Waals surface area contributed by atoms with Gasteiger partial charge in [-0.15, -0.1) is 0 Å². The van der Waals surface area contributed by atoms with Crippen molar-refractivity contribution in [2.75, 3.05) is 23.9 Å². The third-order valence-electron chi connectivity index (χ3n) is 5.83. The lowest BCUT2D eigenvalue weighted by Gasteiger charge is -2.24. The minimum absolute atomic E-state index is 0.0352. The number of nitrogens with one attached hydrogen (secondary N) is 1. The van der Waals surface area contributed by atoms with E-state index in [-0.39, 0.29) is 18.2 Å². The number of ether oxygens (including phenoxy) is 2. The molecule has 0 saturated carbocycles. The molecule has 3 aromatic rings. The summed E-state index contributed by atoms with van der Waals surface area (Å²) in [4.78, 5) is 29.9. The number of anilines is 2. The number of benzene rings is 3. The largest absolute Gasteiger partial charge is 0.497 e. The maximum atomic E-state index is 13.5. The quantitative estimate of drug-likeness (QED) is 0.392. The number of thiocarbonyl (C=S) groups is 1. The van der Waals surface area contributed by atoms with Crippen LogP contribution < -0.4 is 19.7 Å². The van der Waals surface area contributed by atoms with Crippen LogP contribution >= 0.6 is 12.2 Å². The maximum absolute atomic E-state index is 13.5. The van der Waals surface area contributed by atoms with E-state index in [1.165, 1.54) is 4.90 Å². The lowest BCUT2D eigenvalue weighted by Crippen LogP contribution is -2.37. The molecule has 0 bridgehead atoms. The number of methoxy groups -OCH3 is 1. The lowest BCUT2D eigenvalue weighted by atomic mass is 10.1. The summed E-state index contributed by atoms with van der Waals surface area (Å²) in [6.45, 7) is 3.07. The Morgan fingerprint density at radius 3 is 2.28 bits per heavy atom. The van der Waals surface area contributed by atoms with Crippen LogP contribution in [-0.4, -0.2) is 41.6 Å². The summed E-state index contributed by atoms with van der Waals surface area (Å²) in [6, 6.07) is 23.3. The van der Waals surface area contributed by atoms with Gasteiger partial charge in [-0.3, -0.25) is 14.5 Å². The van der Waals surface area contributed by atoms with Crippen LogP contribution in [0.2, 0.25) is 0 Å². The van der Waals surface area contributed by atoms with Crippen molar-refractivity contribution < 1.29 is 19.1 Å². The van der Waals surface area contributed by atoms with Gasteiger partial charge < -0.3 is 19.7 Å². The van der Waals surface area contributed by atoms with Crippen molar-refractivity contribution in [1.29, 1.82) is 0 Å². The summed E-state index contributed by atoms with van der Waals surface area (Å²) in [5, 5.41) is 3.26. The molecule has 36 heavy (non-hydrogen) atoms.